The van der Waals surface area contributed by atoms with E-state index in [4.69, 9.17) is 5.73 Å². The quantitative estimate of drug-likeness (QED) is 0.202. The van der Waals surface area contributed by atoms with Gasteiger partial charge in [-0.3, -0.25) is 14.4 Å². The molecule has 0 radical (unpaired) electrons. The molecule has 5 unspecified atom stereocenters. The van der Waals surface area contributed by atoms with Gasteiger partial charge < -0.3 is 37.0 Å². The molecule has 0 saturated carbocycles. The van der Waals surface area contributed by atoms with E-state index >= 15 is 0 Å². The fourth-order valence-electron chi connectivity index (χ4n) is 3.36. The number of carbonyl (C=O) groups is 4. The summed E-state index contributed by atoms with van der Waals surface area (Å²) < 4.78 is 0. The van der Waals surface area contributed by atoms with E-state index in [2.05, 4.69) is 16.0 Å². The van der Waals surface area contributed by atoms with Gasteiger partial charge in [0.25, 0.3) is 0 Å². The summed E-state index contributed by atoms with van der Waals surface area (Å²) in [5.74, 6) is -3.41. The predicted octanol–water partition coefficient (Wildman–Crippen LogP) is -0.556. The lowest BCUT2D eigenvalue weighted by Gasteiger charge is -2.24. The number of amides is 3. The first kappa shape index (κ1) is 28.3. The number of aliphatic carboxylic acids is 1. The number of phenolic OH excluding ortho intramolecular Hbond substituents is 1. The fourth-order valence-corrected chi connectivity index (χ4v) is 3.36. The number of aliphatic hydroxyl groups excluding tert-OH is 1. The maximum absolute atomic E-state index is 12.9. The third-order valence-electron chi connectivity index (χ3n) is 5.44. The number of carboxylic acids is 1. The SMILES string of the molecule is CC(NC(=O)C(N)Cc1ccc(O)cc1)C(=O)NC(Cc1ccccc1)C(=O)NC(C(=O)O)C(C)O. The summed E-state index contributed by atoms with van der Waals surface area (Å²) in [6, 6.07) is 10.2. The zero-order valence-corrected chi connectivity index (χ0v) is 20.0. The summed E-state index contributed by atoms with van der Waals surface area (Å²) in [4.78, 5) is 49.6. The van der Waals surface area contributed by atoms with Gasteiger partial charge >= 0.3 is 5.97 Å². The van der Waals surface area contributed by atoms with E-state index in [1.54, 1.807) is 42.5 Å². The molecule has 5 atom stereocenters. The molecule has 0 fully saturated rings. The molecule has 11 nitrogen and oxygen atoms in total. The van der Waals surface area contributed by atoms with Crippen molar-refractivity contribution in [2.24, 2.45) is 5.73 Å². The van der Waals surface area contributed by atoms with E-state index in [9.17, 15) is 34.5 Å². The first-order valence-corrected chi connectivity index (χ1v) is 11.4. The third-order valence-corrected chi connectivity index (χ3v) is 5.44. The van der Waals surface area contributed by atoms with Gasteiger partial charge in [-0.25, -0.2) is 4.79 Å². The number of carbonyl (C=O) groups excluding carboxylic acids is 3. The lowest BCUT2D eigenvalue weighted by atomic mass is 10.0. The largest absolute Gasteiger partial charge is 0.508 e. The van der Waals surface area contributed by atoms with Gasteiger partial charge in [-0.05, 0) is 43.5 Å². The van der Waals surface area contributed by atoms with Crippen molar-refractivity contribution in [1.29, 1.82) is 0 Å². The van der Waals surface area contributed by atoms with E-state index in [0.717, 1.165) is 5.56 Å². The van der Waals surface area contributed by atoms with Crippen LogP contribution in [0.5, 0.6) is 5.75 Å². The van der Waals surface area contributed by atoms with E-state index in [0.29, 0.717) is 5.56 Å². The average Bonchev–Trinajstić information content (AvgIpc) is 2.83. The minimum Gasteiger partial charge on any atom is -0.508 e. The van der Waals surface area contributed by atoms with Gasteiger partial charge in [0, 0.05) is 6.42 Å². The molecule has 194 valence electrons. The Morgan fingerprint density at radius 2 is 1.39 bits per heavy atom. The maximum atomic E-state index is 12.9. The first-order valence-electron chi connectivity index (χ1n) is 11.4. The molecule has 8 N–H and O–H groups in total. The Bertz CT molecular complexity index is 1040. The van der Waals surface area contributed by atoms with E-state index in [1.165, 1.54) is 26.0 Å². The molecule has 2 aromatic carbocycles. The van der Waals surface area contributed by atoms with Gasteiger partial charge in [0.15, 0.2) is 6.04 Å². The zero-order chi connectivity index (χ0) is 26.8. The normalized spacial score (nSPS) is 15.0. The van der Waals surface area contributed by atoms with Gasteiger partial charge in [0.05, 0.1) is 12.1 Å². The summed E-state index contributed by atoms with van der Waals surface area (Å²) in [6.07, 6.45) is -1.14. The van der Waals surface area contributed by atoms with Crippen LogP contribution in [-0.4, -0.2) is 69.3 Å². The molecule has 2 rings (SSSR count). The molecule has 11 heteroatoms. The highest BCUT2D eigenvalue weighted by Crippen LogP contribution is 2.11. The van der Waals surface area contributed by atoms with Crippen molar-refractivity contribution in [2.75, 3.05) is 0 Å². The number of hydrogen-bond acceptors (Lipinski definition) is 7. The zero-order valence-electron chi connectivity index (χ0n) is 20.0. The lowest BCUT2D eigenvalue weighted by molar-refractivity contribution is -0.145. The summed E-state index contributed by atoms with van der Waals surface area (Å²) in [5, 5.41) is 35.6. The Balaban J connectivity index is 2.06. The number of nitrogens with two attached hydrogens (primary N) is 1. The number of benzene rings is 2. The highest BCUT2D eigenvalue weighted by atomic mass is 16.4. The molecule has 0 bridgehead atoms. The Kier molecular flexibility index (Phi) is 10.4. The average molecular weight is 501 g/mol. The van der Waals surface area contributed by atoms with Gasteiger partial charge in [-0.1, -0.05) is 42.5 Å². The van der Waals surface area contributed by atoms with Crippen LogP contribution in [-0.2, 0) is 32.0 Å². The Morgan fingerprint density at radius 1 is 0.806 bits per heavy atom. The van der Waals surface area contributed by atoms with Crippen LogP contribution in [0.2, 0.25) is 0 Å². The van der Waals surface area contributed by atoms with E-state index < -0.39 is 54.0 Å². The fraction of sp³-hybridized carbons (Fsp3) is 0.360. The van der Waals surface area contributed by atoms with Crippen LogP contribution in [0.4, 0.5) is 0 Å². The van der Waals surface area contributed by atoms with Crippen molar-refractivity contribution >= 4 is 23.7 Å². The minimum atomic E-state index is -1.57. The lowest BCUT2D eigenvalue weighted by Crippen LogP contribution is -2.58. The molecule has 0 aromatic heterocycles. The first-order chi connectivity index (χ1) is 17.0. The molecule has 0 aliphatic carbocycles. The Morgan fingerprint density at radius 3 is 1.94 bits per heavy atom. The minimum absolute atomic E-state index is 0.0472. The van der Waals surface area contributed by atoms with Crippen LogP contribution in [0.25, 0.3) is 0 Å². The molecular formula is C25H32N4O7. The molecule has 36 heavy (non-hydrogen) atoms. The van der Waals surface area contributed by atoms with Crippen molar-refractivity contribution in [2.45, 2.75) is 57.0 Å². The predicted molar refractivity (Wildman–Crippen MR) is 131 cm³/mol. The Hall–Kier alpha value is -3.96. The van der Waals surface area contributed by atoms with Crippen molar-refractivity contribution in [1.82, 2.24) is 16.0 Å². The maximum Gasteiger partial charge on any atom is 0.328 e. The van der Waals surface area contributed by atoms with E-state index in [-0.39, 0.29) is 18.6 Å². The Labute approximate surface area is 208 Å². The van der Waals surface area contributed by atoms with Crippen LogP contribution in [0.15, 0.2) is 54.6 Å². The highest BCUT2D eigenvalue weighted by Gasteiger charge is 2.31. The number of hydrogen-bond donors (Lipinski definition) is 7. The highest BCUT2D eigenvalue weighted by molar-refractivity contribution is 5.94. The van der Waals surface area contributed by atoms with Crippen LogP contribution in [0.3, 0.4) is 0 Å². The van der Waals surface area contributed by atoms with Gasteiger partial charge in [0.2, 0.25) is 17.7 Å². The molecular weight excluding hydrogens is 468 g/mol. The second-order valence-corrected chi connectivity index (χ2v) is 8.52. The van der Waals surface area contributed by atoms with Gasteiger partial charge in [-0.2, -0.15) is 0 Å². The number of aliphatic hydroxyl groups is 1. The number of rotatable bonds is 12. The molecule has 0 heterocycles. The van der Waals surface area contributed by atoms with Crippen LogP contribution < -0.4 is 21.7 Å². The third kappa shape index (κ3) is 8.67. The summed E-state index contributed by atoms with van der Waals surface area (Å²) in [5.41, 5.74) is 7.37. The van der Waals surface area contributed by atoms with Crippen molar-refractivity contribution < 1.29 is 34.5 Å². The van der Waals surface area contributed by atoms with Crippen LogP contribution >= 0.6 is 0 Å². The van der Waals surface area contributed by atoms with Crippen molar-refractivity contribution in [3.05, 3.63) is 65.7 Å². The smallest absolute Gasteiger partial charge is 0.328 e. The van der Waals surface area contributed by atoms with Crippen molar-refractivity contribution in [3.8, 4) is 5.75 Å². The standard InChI is InChI=1S/C25H32N4O7/c1-14(27-23(33)19(26)12-17-8-10-18(31)11-9-17)22(32)28-20(13-16-6-4-3-5-7-16)24(34)29-21(15(2)30)25(35)36/h3-11,14-15,19-21,30-31H,12-13,26H2,1-2H3,(H,27,33)(H,28,32)(H,29,34)(H,35,36). The number of phenols is 1. The number of nitrogens with one attached hydrogen (secondary N) is 3. The second-order valence-electron chi connectivity index (χ2n) is 8.52. The van der Waals surface area contributed by atoms with Crippen LogP contribution in [0.1, 0.15) is 25.0 Å². The van der Waals surface area contributed by atoms with Crippen LogP contribution in [0, 0.1) is 0 Å². The van der Waals surface area contributed by atoms with E-state index in [1.807, 2.05) is 0 Å². The molecule has 0 spiro atoms. The molecule has 2 aromatic rings. The van der Waals surface area contributed by atoms with Crippen molar-refractivity contribution in [3.63, 3.8) is 0 Å². The van der Waals surface area contributed by atoms with Gasteiger partial charge in [-0.15, -0.1) is 0 Å². The summed E-state index contributed by atoms with van der Waals surface area (Å²) >= 11 is 0. The topological polar surface area (TPSA) is 191 Å². The van der Waals surface area contributed by atoms with Gasteiger partial charge in [0.1, 0.15) is 17.8 Å². The number of carboxylic acid groups (broad SMARTS) is 1. The summed E-state index contributed by atoms with van der Waals surface area (Å²) in [6.45, 7) is 2.65. The number of aromatic hydroxyl groups is 1. The molecule has 0 saturated heterocycles. The molecule has 3 amide bonds. The summed E-state index contributed by atoms with van der Waals surface area (Å²) in [7, 11) is 0. The monoisotopic (exact) mass is 500 g/mol. The second kappa shape index (κ2) is 13.2. The molecule has 0 aliphatic heterocycles. The molecule has 0 aliphatic rings.